The molecule has 0 atom stereocenters. The van der Waals surface area contributed by atoms with Gasteiger partial charge in [-0.1, -0.05) is 0 Å². The fourth-order valence-corrected chi connectivity index (χ4v) is 1.69. The van der Waals surface area contributed by atoms with Crippen LogP contribution in [0.3, 0.4) is 0 Å². The summed E-state index contributed by atoms with van der Waals surface area (Å²) < 4.78 is 5.08. The van der Waals surface area contributed by atoms with E-state index in [1.165, 1.54) is 12.1 Å². The van der Waals surface area contributed by atoms with Crippen molar-refractivity contribution in [1.82, 2.24) is 0 Å². The summed E-state index contributed by atoms with van der Waals surface area (Å²) >= 11 is 0. The van der Waals surface area contributed by atoms with Crippen molar-refractivity contribution in [3.63, 3.8) is 0 Å². The summed E-state index contributed by atoms with van der Waals surface area (Å²) in [5.41, 5.74) is 6.47. The van der Waals surface area contributed by atoms with Gasteiger partial charge in [-0.3, -0.25) is 10.1 Å². The van der Waals surface area contributed by atoms with Crippen molar-refractivity contribution < 1.29 is 9.66 Å². The highest BCUT2D eigenvalue weighted by atomic mass is 16.6. The molecular formula is C11H10N4O3. The molecule has 2 N–H and O–H groups in total. The van der Waals surface area contributed by atoms with Gasteiger partial charge in [-0.15, -0.1) is 0 Å². The first-order valence-electron chi connectivity index (χ1n) is 5.18. The molecule has 0 radical (unpaired) electrons. The molecule has 0 fully saturated rings. The number of ether oxygens (including phenoxy) is 1. The van der Waals surface area contributed by atoms with Gasteiger partial charge in [0.25, 0.3) is 5.69 Å². The average Bonchev–Trinajstić information content (AvgIpc) is 2.38. The first kappa shape index (κ1) is 11.7. The maximum absolute atomic E-state index is 10.6. The van der Waals surface area contributed by atoms with Crippen LogP contribution in [0, 0.1) is 21.4 Å². The maximum Gasteiger partial charge on any atom is 0.269 e. The number of nitriles is 1. The van der Waals surface area contributed by atoms with E-state index in [1.54, 1.807) is 17.0 Å². The number of benzene rings is 1. The Hall–Kier alpha value is -2.75. The molecule has 0 spiro atoms. The normalized spacial score (nSPS) is 14.9. The number of anilines is 1. The van der Waals surface area contributed by atoms with Crippen LogP contribution in [0.4, 0.5) is 11.4 Å². The quantitative estimate of drug-likeness (QED) is 0.618. The monoisotopic (exact) mass is 246 g/mol. The predicted molar refractivity (Wildman–Crippen MR) is 63.2 cm³/mol. The third-order valence-corrected chi connectivity index (χ3v) is 2.55. The molecule has 7 nitrogen and oxygen atoms in total. The summed E-state index contributed by atoms with van der Waals surface area (Å²) in [4.78, 5) is 11.7. The predicted octanol–water partition coefficient (Wildman–Crippen LogP) is 1.08. The zero-order chi connectivity index (χ0) is 13.1. The lowest BCUT2D eigenvalue weighted by atomic mass is 10.2. The number of hydrogen-bond donors (Lipinski definition) is 1. The van der Waals surface area contributed by atoms with E-state index < -0.39 is 4.92 Å². The third kappa shape index (κ3) is 2.04. The summed E-state index contributed by atoms with van der Waals surface area (Å²) in [5, 5.41) is 19.6. The van der Waals surface area contributed by atoms with Crippen LogP contribution in [0.15, 0.2) is 35.8 Å². The van der Waals surface area contributed by atoms with E-state index in [4.69, 9.17) is 15.7 Å². The molecule has 0 bridgehead atoms. The second-order valence-electron chi connectivity index (χ2n) is 3.60. The number of non-ortho nitro benzene ring substituents is 1. The SMILES string of the molecule is N#CC1=C(N)OCCN1c1ccc([N+](=O)[O-])cc1. The zero-order valence-corrected chi connectivity index (χ0v) is 9.37. The van der Waals surface area contributed by atoms with Crippen molar-refractivity contribution in [2.45, 2.75) is 0 Å². The third-order valence-electron chi connectivity index (χ3n) is 2.55. The van der Waals surface area contributed by atoms with E-state index >= 15 is 0 Å². The lowest BCUT2D eigenvalue weighted by Gasteiger charge is -2.28. The molecule has 0 amide bonds. The van der Waals surface area contributed by atoms with Gasteiger partial charge in [0, 0.05) is 17.8 Å². The minimum Gasteiger partial charge on any atom is -0.475 e. The van der Waals surface area contributed by atoms with E-state index in [9.17, 15) is 10.1 Å². The second-order valence-corrected chi connectivity index (χ2v) is 3.60. The van der Waals surface area contributed by atoms with Crippen LogP contribution in [-0.4, -0.2) is 18.1 Å². The molecule has 0 aliphatic carbocycles. The van der Waals surface area contributed by atoms with Gasteiger partial charge < -0.3 is 15.4 Å². The molecule has 0 aromatic heterocycles. The van der Waals surface area contributed by atoms with Crippen LogP contribution in [-0.2, 0) is 4.74 Å². The molecule has 1 aromatic rings. The van der Waals surface area contributed by atoms with Gasteiger partial charge in [-0.05, 0) is 12.1 Å². The van der Waals surface area contributed by atoms with E-state index in [0.29, 0.717) is 18.8 Å². The Morgan fingerprint density at radius 2 is 2.11 bits per heavy atom. The molecule has 0 saturated heterocycles. The first-order chi connectivity index (χ1) is 8.63. The number of nitrogens with two attached hydrogens (primary N) is 1. The number of rotatable bonds is 2. The molecule has 1 heterocycles. The van der Waals surface area contributed by atoms with E-state index in [2.05, 4.69) is 0 Å². The number of nitrogens with zero attached hydrogens (tertiary/aromatic N) is 3. The molecule has 0 saturated carbocycles. The Morgan fingerprint density at radius 3 is 2.67 bits per heavy atom. The number of hydrogen-bond acceptors (Lipinski definition) is 6. The smallest absolute Gasteiger partial charge is 0.269 e. The molecule has 1 aromatic carbocycles. The average molecular weight is 246 g/mol. The van der Waals surface area contributed by atoms with Crippen molar-refractivity contribution in [1.29, 1.82) is 5.26 Å². The topological polar surface area (TPSA) is 105 Å². The van der Waals surface area contributed by atoms with Gasteiger partial charge in [0.05, 0.1) is 11.5 Å². The van der Waals surface area contributed by atoms with Gasteiger partial charge in [0.15, 0.2) is 5.70 Å². The highest BCUT2D eigenvalue weighted by Crippen LogP contribution is 2.25. The van der Waals surface area contributed by atoms with Crippen LogP contribution < -0.4 is 10.6 Å². The summed E-state index contributed by atoms with van der Waals surface area (Å²) in [5.74, 6) is 0.0714. The summed E-state index contributed by atoms with van der Waals surface area (Å²) in [7, 11) is 0. The van der Waals surface area contributed by atoms with Gasteiger partial charge in [-0.2, -0.15) is 5.26 Å². The van der Waals surface area contributed by atoms with Crippen molar-refractivity contribution in [3.05, 3.63) is 46.0 Å². The largest absolute Gasteiger partial charge is 0.475 e. The van der Waals surface area contributed by atoms with Gasteiger partial charge >= 0.3 is 0 Å². The summed E-state index contributed by atoms with van der Waals surface area (Å²) in [6.07, 6.45) is 0. The highest BCUT2D eigenvalue weighted by molar-refractivity contribution is 5.58. The molecule has 0 unspecified atom stereocenters. The Balaban J connectivity index is 2.34. The van der Waals surface area contributed by atoms with Crippen LogP contribution in [0.1, 0.15) is 0 Å². The van der Waals surface area contributed by atoms with Crippen LogP contribution in [0.5, 0.6) is 0 Å². The molecule has 1 aliphatic rings. The highest BCUT2D eigenvalue weighted by Gasteiger charge is 2.21. The van der Waals surface area contributed by atoms with Crippen molar-refractivity contribution in [2.75, 3.05) is 18.1 Å². The Morgan fingerprint density at radius 1 is 1.44 bits per heavy atom. The van der Waals surface area contributed by atoms with Gasteiger partial charge in [0.1, 0.15) is 12.7 Å². The van der Waals surface area contributed by atoms with Gasteiger partial charge in [-0.25, -0.2) is 0 Å². The van der Waals surface area contributed by atoms with Gasteiger partial charge in [0.2, 0.25) is 5.88 Å². The fraction of sp³-hybridized carbons (Fsp3) is 0.182. The molecule has 1 aliphatic heterocycles. The van der Waals surface area contributed by atoms with E-state index in [0.717, 1.165) is 0 Å². The molecule has 18 heavy (non-hydrogen) atoms. The minimum atomic E-state index is -0.474. The minimum absolute atomic E-state index is 0.00229. The Labute approximate surface area is 103 Å². The molecule has 92 valence electrons. The molecular weight excluding hydrogens is 236 g/mol. The zero-order valence-electron chi connectivity index (χ0n) is 9.37. The number of nitro benzene ring substituents is 1. The first-order valence-corrected chi connectivity index (χ1v) is 5.18. The lowest BCUT2D eigenvalue weighted by molar-refractivity contribution is -0.384. The Bertz CT molecular complexity index is 544. The summed E-state index contributed by atoms with van der Waals surface area (Å²) in [6, 6.07) is 7.89. The molecule has 2 rings (SSSR count). The Kier molecular flexibility index (Phi) is 3.02. The number of allylic oxidation sites excluding steroid dienone is 1. The summed E-state index contributed by atoms with van der Waals surface area (Å²) in [6.45, 7) is 0.843. The van der Waals surface area contributed by atoms with Crippen LogP contribution >= 0.6 is 0 Å². The lowest BCUT2D eigenvalue weighted by Crippen LogP contribution is -2.34. The van der Waals surface area contributed by atoms with Crippen LogP contribution in [0.25, 0.3) is 0 Å². The van der Waals surface area contributed by atoms with E-state index in [-0.39, 0.29) is 17.3 Å². The van der Waals surface area contributed by atoms with Crippen molar-refractivity contribution in [2.24, 2.45) is 5.73 Å². The second kappa shape index (κ2) is 4.63. The number of nitro groups is 1. The van der Waals surface area contributed by atoms with E-state index in [1.807, 2.05) is 6.07 Å². The maximum atomic E-state index is 10.6. The fourth-order valence-electron chi connectivity index (χ4n) is 1.69. The molecule has 7 heteroatoms. The van der Waals surface area contributed by atoms with Crippen molar-refractivity contribution in [3.8, 4) is 6.07 Å². The van der Waals surface area contributed by atoms with Crippen molar-refractivity contribution >= 4 is 11.4 Å². The van der Waals surface area contributed by atoms with Crippen LogP contribution in [0.2, 0.25) is 0 Å². The standard InChI is InChI=1S/C11H10N4O3/c12-7-10-11(13)18-6-5-14(10)8-1-3-9(4-2-8)15(16)17/h1-4H,5-6,13H2.